The molecule has 1 atom stereocenters. The maximum absolute atomic E-state index is 13.0. The number of carbonyl (C=O) groups is 2. The summed E-state index contributed by atoms with van der Waals surface area (Å²) in [5.41, 5.74) is 0.490. The normalized spacial score (nSPS) is 11.7. The number of hydrogen-bond donors (Lipinski definition) is 1. The molecule has 0 spiro atoms. The molecule has 0 bridgehead atoms. The summed E-state index contributed by atoms with van der Waals surface area (Å²) in [6, 6.07) is 4.83. The van der Waals surface area contributed by atoms with Gasteiger partial charge in [-0.15, -0.1) is 0 Å². The number of azo groups is 1. The highest BCUT2D eigenvalue weighted by Crippen LogP contribution is 2.42. The average molecular weight is 526 g/mol. The molecule has 35 heavy (non-hydrogen) atoms. The molecule has 0 fully saturated rings. The van der Waals surface area contributed by atoms with E-state index in [0.29, 0.717) is 48.7 Å². The Bertz CT molecular complexity index is 1080. The van der Waals surface area contributed by atoms with Crippen molar-refractivity contribution < 1.29 is 28.5 Å². The van der Waals surface area contributed by atoms with E-state index >= 15 is 0 Å². The van der Waals surface area contributed by atoms with Gasteiger partial charge in [0.15, 0.2) is 23.0 Å². The number of anilines is 1. The minimum absolute atomic E-state index is 0.205. The van der Waals surface area contributed by atoms with Gasteiger partial charge in [-0.1, -0.05) is 23.2 Å². The molecule has 0 aromatic heterocycles. The molecule has 0 aliphatic carbocycles. The van der Waals surface area contributed by atoms with Gasteiger partial charge in [0.2, 0.25) is 6.04 Å². The number of amides is 1. The van der Waals surface area contributed by atoms with Crippen LogP contribution in [0, 0.1) is 0 Å². The zero-order valence-corrected chi connectivity index (χ0v) is 21.8. The van der Waals surface area contributed by atoms with Crippen molar-refractivity contribution in [3.63, 3.8) is 0 Å². The number of nitrogens with one attached hydrogen (secondary N) is 1. The fourth-order valence-electron chi connectivity index (χ4n) is 3.01. The lowest BCUT2D eigenvalue weighted by molar-refractivity contribution is -0.126. The van der Waals surface area contributed by atoms with Gasteiger partial charge in [0.05, 0.1) is 32.1 Å². The third kappa shape index (κ3) is 7.47. The molecule has 2 aromatic rings. The van der Waals surface area contributed by atoms with Crippen molar-refractivity contribution in [3.8, 4) is 23.0 Å². The quantitative estimate of drug-likeness (QED) is 0.244. The van der Waals surface area contributed by atoms with E-state index in [-0.39, 0.29) is 22.1 Å². The van der Waals surface area contributed by atoms with E-state index in [1.54, 1.807) is 32.0 Å². The molecule has 0 radical (unpaired) electrons. The predicted molar refractivity (Wildman–Crippen MR) is 135 cm³/mol. The number of Topliss-reactive ketones (excluding diaryl/α,β-unsaturated/α-hetero) is 1. The van der Waals surface area contributed by atoms with E-state index in [1.807, 2.05) is 13.8 Å². The molecular weight excluding hydrogens is 497 g/mol. The number of ketones is 1. The van der Waals surface area contributed by atoms with Gasteiger partial charge in [-0.3, -0.25) is 9.59 Å². The Labute approximate surface area is 214 Å². The first-order chi connectivity index (χ1) is 16.8. The van der Waals surface area contributed by atoms with Crippen LogP contribution in [-0.2, 0) is 9.59 Å². The van der Waals surface area contributed by atoms with E-state index in [4.69, 9.17) is 42.1 Å². The van der Waals surface area contributed by atoms with Gasteiger partial charge in [0, 0.05) is 11.1 Å². The van der Waals surface area contributed by atoms with Gasteiger partial charge >= 0.3 is 0 Å². The highest BCUT2D eigenvalue weighted by atomic mass is 35.5. The van der Waals surface area contributed by atoms with Crippen molar-refractivity contribution in [1.29, 1.82) is 0 Å². The molecule has 0 heterocycles. The van der Waals surface area contributed by atoms with Crippen LogP contribution in [0.2, 0.25) is 10.0 Å². The summed E-state index contributed by atoms with van der Waals surface area (Å²) in [5.74, 6) is 0.0846. The van der Waals surface area contributed by atoms with Crippen molar-refractivity contribution in [2.24, 2.45) is 10.2 Å². The molecular formula is C24H29Cl2N3O6. The first-order valence-electron chi connectivity index (χ1n) is 11.2. The third-order valence-electron chi connectivity index (χ3n) is 4.41. The van der Waals surface area contributed by atoms with E-state index in [0.717, 1.165) is 0 Å². The molecule has 1 unspecified atom stereocenters. The van der Waals surface area contributed by atoms with Gasteiger partial charge in [0.25, 0.3) is 5.91 Å². The number of nitrogens with zero attached hydrogens (tertiary/aromatic N) is 2. The van der Waals surface area contributed by atoms with Crippen molar-refractivity contribution in [3.05, 3.63) is 34.3 Å². The zero-order chi connectivity index (χ0) is 26.0. The molecule has 0 aliphatic heterocycles. The SMILES string of the molecule is CCOc1ccc(NC(=O)C(N=Nc2cc(Cl)cc(OCC)c2OCC)C(C)=O)c(OCC)c1Cl. The highest BCUT2D eigenvalue weighted by Gasteiger charge is 2.26. The molecule has 1 amide bonds. The summed E-state index contributed by atoms with van der Waals surface area (Å²) in [4.78, 5) is 25.3. The summed E-state index contributed by atoms with van der Waals surface area (Å²) in [7, 11) is 0. The second-order valence-corrected chi connectivity index (χ2v) is 7.77. The van der Waals surface area contributed by atoms with Gasteiger partial charge < -0.3 is 24.3 Å². The van der Waals surface area contributed by atoms with E-state index in [2.05, 4.69) is 15.5 Å². The summed E-state index contributed by atoms with van der Waals surface area (Å²) < 4.78 is 22.3. The number of benzene rings is 2. The van der Waals surface area contributed by atoms with Crippen molar-refractivity contribution in [2.45, 2.75) is 40.7 Å². The Kier molecular flexibility index (Phi) is 11.1. The first kappa shape index (κ1) is 28.2. The smallest absolute Gasteiger partial charge is 0.258 e. The summed E-state index contributed by atoms with van der Waals surface area (Å²) in [5, 5.41) is 11.3. The Hall–Kier alpha value is -3.04. The molecule has 2 aromatic carbocycles. The second-order valence-electron chi connectivity index (χ2n) is 6.96. The van der Waals surface area contributed by atoms with Crippen molar-refractivity contribution >= 4 is 46.3 Å². The average Bonchev–Trinajstić information content (AvgIpc) is 2.80. The van der Waals surface area contributed by atoms with Crippen LogP contribution in [0.5, 0.6) is 23.0 Å². The fraction of sp³-hybridized carbons (Fsp3) is 0.417. The van der Waals surface area contributed by atoms with E-state index < -0.39 is 17.7 Å². The monoisotopic (exact) mass is 525 g/mol. The summed E-state index contributed by atoms with van der Waals surface area (Å²) in [6.07, 6.45) is 0. The number of carbonyl (C=O) groups excluding carboxylic acids is 2. The number of hydrogen-bond acceptors (Lipinski definition) is 8. The Morgan fingerprint density at radius 1 is 0.886 bits per heavy atom. The Balaban J connectivity index is 2.39. The van der Waals surface area contributed by atoms with Gasteiger partial charge in [-0.2, -0.15) is 10.2 Å². The number of rotatable bonds is 13. The van der Waals surface area contributed by atoms with Crippen molar-refractivity contribution in [2.75, 3.05) is 31.7 Å². The minimum atomic E-state index is -1.45. The van der Waals surface area contributed by atoms with Crippen LogP contribution < -0.4 is 24.3 Å². The third-order valence-corrected chi connectivity index (χ3v) is 4.99. The lowest BCUT2D eigenvalue weighted by atomic mass is 10.2. The fourth-order valence-corrected chi connectivity index (χ4v) is 3.49. The molecule has 190 valence electrons. The zero-order valence-electron chi connectivity index (χ0n) is 20.3. The maximum atomic E-state index is 13.0. The van der Waals surface area contributed by atoms with Crippen molar-refractivity contribution in [1.82, 2.24) is 0 Å². The number of ether oxygens (including phenoxy) is 4. The van der Waals surface area contributed by atoms with E-state index in [1.165, 1.54) is 13.0 Å². The summed E-state index contributed by atoms with van der Waals surface area (Å²) >= 11 is 12.6. The molecule has 9 nitrogen and oxygen atoms in total. The molecule has 0 saturated heterocycles. The molecule has 1 N–H and O–H groups in total. The van der Waals surface area contributed by atoms with Crippen LogP contribution in [0.1, 0.15) is 34.6 Å². The minimum Gasteiger partial charge on any atom is -0.492 e. The standard InChI is InChI=1S/C24H29Cl2N3O6/c1-6-32-18-11-10-16(23(20(18)26)35-9-4)27-24(31)21(14(5)30)29-28-17-12-15(25)13-19(33-7-2)22(17)34-8-3/h10-13,21H,6-9H2,1-5H3,(H,27,31). The lowest BCUT2D eigenvalue weighted by Crippen LogP contribution is -2.32. The van der Waals surface area contributed by atoms with Gasteiger partial charge in [0.1, 0.15) is 16.5 Å². The van der Waals surface area contributed by atoms with Gasteiger partial charge in [-0.25, -0.2) is 0 Å². The maximum Gasteiger partial charge on any atom is 0.258 e. The first-order valence-corrected chi connectivity index (χ1v) is 11.9. The Morgan fingerprint density at radius 2 is 1.49 bits per heavy atom. The highest BCUT2D eigenvalue weighted by molar-refractivity contribution is 6.34. The topological polar surface area (TPSA) is 108 Å². The molecule has 11 heteroatoms. The largest absolute Gasteiger partial charge is 0.492 e. The number of halogens is 2. The van der Waals surface area contributed by atoms with Crippen LogP contribution in [-0.4, -0.2) is 44.2 Å². The van der Waals surface area contributed by atoms with Crippen LogP contribution >= 0.6 is 23.2 Å². The summed E-state index contributed by atoms with van der Waals surface area (Å²) in [6.45, 7) is 9.87. The molecule has 0 aliphatic rings. The predicted octanol–water partition coefficient (Wildman–Crippen LogP) is 6.27. The molecule has 2 rings (SSSR count). The van der Waals surface area contributed by atoms with E-state index in [9.17, 15) is 9.59 Å². The molecule has 0 saturated carbocycles. The van der Waals surface area contributed by atoms with Crippen LogP contribution in [0.4, 0.5) is 11.4 Å². The van der Waals surface area contributed by atoms with Crippen LogP contribution in [0.25, 0.3) is 0 Å². The van der Waals surface area contributed by atoms with Gasteiger partial charge in [-0.05, 0) is 52.8 Å². The lowest BCUT2D eigenvalue weighted by Gasteiger charge is -2.17. The Morgan fingerprint density at radius 3 is 2.09 bits per heavy atom. The van der Waals surface area contributed by atoms with Crippen LogP contribution in [0.3, 0.4) is 0 Å². The second kappa shape index (κ2) is 13.7. The van der Waals surface area contributed by atoms with Crippen LogP contribution in [0.15, 0.2) is 34.5 Å².